The molecule has 1 amide bonds. The molecule has 1 saturated carbocycles. The second-order valence-electron chi connectivity index (χ2n) is 4.27. The summed E-state index contributed by atoms with van der Waals surface area (Å²) in [5.74, 6) is -2.48. The Kier molecular flexibility index (Phi) is 4.98. The van der Waals surface area contributed by atoms with Crippen molar-refractivity contribution < 1.29 is 27.5 Å². The zero-order valence-corrected chi connectivity index (χ0v) is 10.0. The molecule has 4 nitrogen and oxygen atoms in total. The van der Waals surface area contributed by atoms with Gasteiger partial charge in [0.15, 0.2) is 0 Å². The summed E-state index contributed by atoms with van der Waals surface area (Å²) in [6.45, 7) is 2.00. The molecule has 0 aromatic carbocycles. The number of halogens is 3. The summed E-state index contributed by atoms with van der Waals surface area (Å²) in [4.78, 5) is 22.1. The van der Waals surface area contributed by atoms with Gasteiger partial charge in [-0.15, -0.1) is 0 Å². The van der Waals surface area contributed by atoms with Gasteiger partial charge in [0.2, 0.25) is 0 Å². The summed E-state index contributed by atoms with van der Waals surface area (Å²) in [6, 6.07) is -0.509. The van der Waals surface area contributed by atoms with Crippen molar-refractivity contribution in [1.29, 1.82) is 0 Å². The van der Waals surface area contributed by atoms with E-state index in [9.17, 15) is 22.8 Å². The van der Waals surface area contributed by atoms with Gasteiger partial charge in [0, 0.05) is 6.04 Å². The molecule has 1 fully saturated rings. The smallest absolute Gasteiger partial charge is 0.466 e. The third-order valence-corrected chi connectivity index (χ3v) is 2.94. The predicted molar refractivity (Wildman–Crippen MR) is 56.6 cm³/mol. The number of alkyl halides is 3. The van der Waals surface area contributed by atoms with Gasteiger partial charge < -0.3 is 10.1 Å². The Balaban J connectivity index is 2.36. The van der Waals surface area contributed by atoms with Crippen LogP contribution in [0.15, 0.2) is 0 Å². The Hall–Kier alpha value is -1.27. The normalized spacial score (nSPS) is 24.4. The molecule has 1 aliphatic rings. The first kappa shape index (κ1) is 14.8. The highest BCUT2D eigenvalue weighted by Gasteiger charge is 2.40. The molecule has 0 aliphatic heterocycles. The summed E-state index contributed by atoms with van der Waals surface area (Å²) in [5.41, 5.74) is 0. The van der Waals surface area contributed by atoms with E-state index >= 15 is 0 Å². The first-order valence-electron chi connectivity index (χ1n) is 5.89. The van der Waals surface area contributed by atoms with Crippen LogP contribution in [0, 0.1) is 5.92 Å². The molecule has 0 aromatic rings. The number of carbonyl (C=O) groups excluding carboxylic acids is 2. The number of carbonyl (C=O) groups is 2. The number of amides is 1. The molecule has 1 rings (SSSR count). The Labute approximate surface area is 103 Å². The Bertz CT molecular complexity index is 309. The molecular weight excluding hydrogens is 251 g/mol. The van der Waals surface area contributed by atoms with E-state index in [1.165, 1.54) is 0 Å². The van der Waals surface area contributed by atoms with Crippen molar-refractivity contribution in [1.82, 2.24) is 5.32 Å². The maximum absolute atomic E-state index is 12.0. The molecule has 0 spiro atoms. The number of hydrogen-bond acceptors (Lipinski definition) is 3. The molecule has 0 atom stereocenters. The van der Waals surface area contributed by atoms with Crippen molar-refractivity contribution in [2.75, 3.05) is 6.61 Å². The largest absolute Gasteiger partial charge is 0.471 e. The fourth-order valence-corrected chi connectivity index (χ4v) is 2.00. The van der Waals surface area contributed by atoms with Gasteiger partial charge in [-0.2, -0.15) is 13.2 Å². The summed E-state index contributed by atoms with van der Waals surface area (Å²) in [5, 5.41) is 1.93. The predicted octanol–water partition coefficient (Wildman–Crippen LogP) is 1.79. The molecule has 0 heterocycles. The van der Waals surface area contributed by atoms with Crippen LogP contribution in [0.1, 0.15) is 32.6 Å². The van der Waals surface area contributed by atoms with Gasteiger partial charge in [-0.3, -0.25) is 9.59 Å². The first-order valence-corrected chi connectivity index (χ1v) is 5.89. The molecular formula is C11H16F3NO3. The highest BCUT2D eigenvalue weighted by Crippen LogP contribution is 2.26. The van der Waals surface area contributed by atoms with Crippen molar-refractivity contribution in [3.63, 3.8) is 0 Å². The number of rotatable bonds is 3. The van der Waals surface area contributed by atoms with E-state index in [-0.39, 0.29) is 11.9 Å². The van der Waals surface area contributed by atoms with Crippen LogP contribution < -0.4 is 5.32 Å². The maximum atomic E-state index is 12.0. The topological polar surface area (TPSA) is 55.4 Å². The lowest BCUT2D eigenvalue weighted by Crippen LogP contribution is -2.45. The minimum atomic E-state index is -4.85. The molecule has 0 saturated heterocycles. The van der Waals surface area contributed by atoms with Crippen molar-refractivity contribution >= 4 is 11.9 Å². The summed E-state index contributed by atoms with van der Waals surface area (Å²) < 4.78 is 40.9. The second kappa shape index (κ2) is 6.06. The van der Waals surface area contributed by atoms with Crippen LogP contribution >= 0.6 is 0 Å². The lowest BCUT2D eigenvalue weighted by molar-refractivity contribution is -0.174. The Morgan fingerprint density at radius 3 is 2.22 bits per heavy atom. The molecule has 104 valence electrons. The molecule has 1 N–H and O–H groups in total. The van der Waals surface area contributed by atoms with Crippen LogP contribution in [0.2, 0.25) is 0 Å². The van der Waals surface area contributed by atoms with Gasteiger partial charge in [0.05, 0.1) is 12.5 Å². The highest BCUT2D eigenvalue weighted by atomic mass is 19.4. The van der Waals surface area contributed by atoms with E-state index in [2.05, 4.69) is 0 Å². The SMILES string of the molecule is CCOC(=O)C1CCC(NC(=O)C(F)(F)F)CC1. The van der Waals surface area contributed by atoms with E-state index < -0.39 is 18.1 Å². The first-order chi connectivity index (χ1) is 8.34. The lowest BCUT2D eigenvalue weighted by Gasteiger charge is -2.28. The van der Waals surface area contributed by atoms with Crippen LogP contribution in [-0.4, -0.2) is 30.7 Å². The zero-order chi connectivity index (χ0) is 13.8. The quantitative estimate of drug-likeness (QED) is 0.793. The monoisotopic (exact) mass is 267 g/mol. The van der Waals surface area contributed by atoms with Gasteiger partial charge in [-0.1, -0.05) is 0 Å². The number of esters is 1. The van der Waals surface area contributed by atoms with Crippen LogP contribution in [0.25, 0.3) is 0 Å². The van der Waals surface area contributed by atoms with Gasteiger partial charge in [0.25, 0.3) is 0 Å². The lowest BCUT2D eigenvalue weighted by atomic mass is 9.86. The molecule has 18 heavy (non-hydrogen) atoms. The fourth-order valence-electron chi connectivity index (χ4n) is 2.00. The van der Waals surface area contributed by atoms with Crippen LogP contribution in [-0.2, 0) is 14.3 Å². The molecule has 0 radical (unpaired) electrons. The van der Waals surface area contributed by atoms with Crippen molar-refractivity contribution in [3.05, 3.63) is 0 Å². The van der Waals surface area contributed by atoms with Crippen molar-refractivity contribution in [2.24, 2.45) is 5.92 Å². The highest BCUT2D eigenvalue weighted by molar-refractivity contribution is 5.82. The van der Waals surface area contributed by atoms with Crippen LogP contribution in [0.5, 0.6) is 0 Å². The summed E-state index contributed by atoms with van der Waals surface area (Å²) in [7, 11) is 0. The summed E-state index contributed by atoms with van der Waals surface area (Å²) in [6.07, 6.45) is -3.22. The van der Waals surface area contributed by atoms with E-state index in [4.69, 9.17) is 4.74 Å². The number of hydrogen-bond donors (Lipinski definition) is 1. The standard InChI is InChI=1S/C11H16F3NO3/c1-2-18-9(16)7-3-5-8(6-4-7)15-10(17)11(12,13)14/h7-8H,2-6H2,1H3,(H,15,17). The van der Waals surface area contributed by atoms with Crippen molar-refractivity contribution in [2.45, 2.75) is 44.8 Å². The minimum absolute atomic E-state index is 0.260. The number of nitrogens with one attached hydrogen (secondary N) is 1. The molecule has 0 unspecified atom stereocenters. The second-order valence-corrected chi connectivity index (χ2v) is 4.27. The van der Waals surface area contributed by atoms with Crippen molar-refractivity contribution in [3.8, 4) is 0 Å². The number of ether oxygens (including phenoxy) is 1. The average Bonchev–Trinajstić information content (AvgIpc) is 2.29. The molecule has 0 bridgehead atoms. The van der Waals surface area contributed by atoms with E-state index in [1.54, 1.807) is 6.92 Å². The Morgan fingerprint density at radius 2 is 1.78 bits per heavy atom. The van der Waals surface area contributed by atoms with E-state index in [0.717, 1.165) is 0 Å². The molecule has 0 aromatic heterocycles. The minimum Gasteiger partial charge on any atom is -0.466 e. The van der Waals surface area contributed by atoms with Gasteiger partial charge >= 0.3 is 18.1 Å². The summed E-state index contributed by atoms with van der Waals surface area (Å²) >= 11 is 0. The third kappa shape index (κ3) is 4.19. The van der Waals surface area contributed by atoms with Gasteiger partial charge in [0.1, 0.15) is 0 Å². The Morgan fingerprint density at radius 1 is 1.22 bits per heavy atom. The van der Waals surface area contributed by atoms with E-state index in [0.29, 0.717) is 32.3 Å². The fraction of sp³-hybridized carbons (Fsp3) is 0.818. The zero-order valence-electron chi connectivity index (χ0n) is 10.0. The molecule has 1 aliphatic carbocycles. The third-order valence-electron chi connectivity index (χ3n) is 2.94. The maximum Gasteiger partial charge on any atom is 0.471 e. The molecule has 7 heteroatoms. The average molecular weight is 267 g/mol. The van der Waals surface area contributed by atoms with E-state index in [1.807, 2.05) is 5.32 Å². The van der Waals surface area contributed by atoms with Crippen LogP contribution in [0.4, 0.5) is 13.2 Å². The van der Waals surface area contributed by atoms with Crippen LogP contribution in [0.3, 0.4) is 0 Å². The van der Waals surface area contributed by atoms with Gasteiger partial charge in [-0.05, 0) is 32.6 Å². The van der Waals surface area contributed by atoms with Gasteiger partial charge in [-0.25, -0.2) is 0 Å².